The van der Waals surface area contributed by atoms with E-state index in [-0.39, 0.29) is 0 Å². The number of carbonyl (C=O) groups is 2. The molecule has 1 aromatic heterocycles. The van der Waals surface area contributed by atoms with Crippen molar-refractivity contribution in [2.24, 2.45) is 7.05 Å². The van der Waals surface area contributed by atoms with Gasteiger partial charge < -0.3 is 15.0 Å². The summed E-state index contributed by atoms with van der Waals surface area (Å²) in [5.41, 5.74) is 0.917. The van der Waals surface area contributed by atoms with E-state index in [1.165, 1.54) is 0 Å². The normalized spacial score (nSPS) is 11.9. The highest BCUT2D eigenvalue weighted by molar-refractivity contribution is 9.10. The van der Waals surface area contributed by atoms with E-state index in [1.54, 1.807) is 54.2 Å². The number of nitrogens with zero attached hydrogens (tertiary/aromatic N) is 1. The summed E-state index contributed by atoms with van der Waals surface area (Å²) in [6.45, 7) is 0. The predicted octanol–water partition coefficient (Wildman–Crippen LogP) is 2.34. The summed E-state index contributed by atoms with van der Waals surface area (Å²) in [7, 11) is 1.72. The predicted molar refractivity (Wildman–Crippen MR) is 77.4 cm³/mol. The van der Waals surface area contributed by atoms with Gasteiger partial charge in [-0.2, -0.15) is 0 Å². The fraction of sp³-hybridized carbons (Fsp3) is 0.143. The van der Waals surface area contributed by atoms with E-state index in [9.17, 15) is 14.7 Å². The smallest absolute Gasteiger partial charge is 0.330 e. The average Bonchev–Trinajstić information content (AvgIpc) is 2.75. The number of hydrogen-bond acceptors (Lipinski definition) is 2. The summed E-state index contributed by atoms with van der Waals surface area (Å²) in [5, 5.41) is 11.8. The molecule has 1 amide bonds. The second-order valence-electron chi connectivity index (χ2n) is 4.31. The van der Waals surface area contributed by atoms with E-state index in [0.717, 1.165) is 4.47 Å². The molecule has 1 heterocycles. The van der Waals surface area contributed by atoms with Gasteiger partial charge in [0.15, 0.2) is 6.04 Å². The first kappa shape index (κ1) is 14.3. The lowest BCUT2D eigenvalue weighted by molar-refractivity contribution is -0.139. The molecule has 1 aromatic carbocycles. The molecular formula is C14H13BrN2O3. The number of aryl methyl sites for hydroxylation is 1. The van der Waals surface area contributed by atoms with Gasteiger partial charge in [-0.1, -0.05) is 30.3 Å². The number of benzene rings is 1. The number of halogens is 1. The van der Waals surface area contributed by atoms with E-state index in [0.29, 0.717) is 11.3 Å². The number of hydrogen-bond donors (Lipinski definition) is 2. The highest BCUT2D eigenvalue weighted by Crippen LogP contribution is 2.17. The summed E-state index contributed by atoms with van der Waals surface area (Å²) in [6.07, 6.45) is 1.73. The lowest BCUT2D eigenvalue weighted by Gasteiger charge is -2.15. The topological polar surface area (TPSA) is 71.3 Å². The molecule has 0 aliphatic rings. The molecule has 0 spiro atoms. The maximum atomic E-state index is 12.2. The Hall–Kier alpha value is -2.08. The molecule has 1 unspecified atom stereocenters. The Morgan fingerprint density at radius 3 is 2.45 bits per heavy atom. The van der Waals surface area contributed by atoms with E-state index in [1.807, 2.05) is 0 Å². The SMILES string of the molecule is Cn1cc(Br)cc1C(=O)NC(C(=O)O)c1ccccc1. The number of carbonyl (C=O) groups excluding carboxylic acids is 1. The highest BCUT2D eigenvalue weighted by atomic mass is 79.9. The van der Waals surface area contributed by atoms with Crippen molar-refractivity contribution in [2.45, 2.75) is 6.04 Å². The van der Waals surface area contributed by atoms with Gasteiger partial charge in [-0.25, -0.2) is 4.79 Å². The van der Waals surface area contributed by atoms with Crippen LogP contribution in [0.5, 0.6) is 0 Å². The minimum atomic E-state index is -1.10. The summed E-state index contributed by atoms with van der Waals surface area (Å²) < 4.78 is 2.39. The van der Waals surface area contributed by atoms with Crippen LogP contribution in [0.2, 0.25) is 0 Å². The van der Waals surface area contributed by atoms with Crippen LogP contribution in [0.25, 0.3) is 0 Å². The zero-order valence-electron chi connectivity index (χ0n) is 10.7. The number of amides is 1. The van der Waals surface area contributed by atoms with E-state index >= 15 is 0 Å². The first-order chi connectivity index (χ1) is 9.49. The lowest BCUT2D eigenvalue weighted by Crippen LogP contribution is -2.34. The molecule has 2 aromatic rings. The Labute approximate surface area is 124 Å². The number of rotatable bonds is 4. The minimum Gasteiger partial charge on any atom is -0.479 e. The van der Waals surface area contributed by atoms with E-state index < -0.39 is 17.9 Å². The van der Waals surface area contributed by atoms with Crippen LogP contribution in [-0.4, -0.2) is 21.6 Å². The second-order valence-corrected chi connectivity index (χ2v) is 5.23. The molecule has 6 heteroatoms. The maximum Gasteiger partial charge on any atom is 0.330 e. The molecular weight excluding hydrogens is 324 g/mol. The van der Waals surface area contributed by atoms with Crippen molar-refractivity contribution in [2.75, 3.05) is 0 Å². The van der Waals surface area contributed by atoms with Gasteiger partial charge in [-0.15, -0.1) is 0 Å². The monoisotopic (exact) mass is 336 g/mol. The summed E-state index contributed by atoms with van der Waals surface area (Å²) in [6, 6.07) is 9.16. The highest BCUT2D eigenvalue weighted by Gasteiger charge is 2.23. The number of nitrogens with one attached hydrogen (secondary N) is 1. The Morgan fingerprint density at radius 2 is 1.95 bits per heavy atom. The van der Waals surface area contributed by atoms with Crippen LogP contribution in [0.15, 0.2) is 47.1 Å². The fourth-order valence-corrected chi connectivity index (χ4v) is 2.41. The van der Waals surface area contributed by atoms with Crippen LogP contribution < -0.4 is 5.32 Å². The van der Waals surface area contributed by atoms with Crippen molar-refractivity contribution in [3.05, 3.63) is 58.3 Å². The van der Waals surface area contributed by atoms with Gasteiger partial charge in [-0.3, -0.25) is 4.79 Å². The van der Waals surface area contributed by atoms with Gasteiger partial charge in [0, 0.05) is 17.7 Å². The fourth-order valence-electron chi connectivity index (χ4n) is 1.89. The molecule has 0 fully saturated rings. The number of aromatic nitrogens is 1. The lowest BCUT2D eigenvalue weighted by atomic mass is 10.1. The molecule has 0 radical (unpaired) electrons. The molecule has 5 nitrogen and oxygen atoms in total. The number of aliphatic carboxylic acids is 1. The number of carboxylic acids is 1. The Balaban J connectivity index is 2.23. The molecule has 2 rings (SSSR count). The van der Waals surface area contributed by atoms with Crippen LogP contribution in [0.4, 0.5) is 0 Å². The van der Waals surface area contributed by atoms with Crippen molar-refractivity contribution in [3.63, 3.8) is 0 Å². The van der Waals surface area contributed by atoms with Gasteiger partial charge in [0.2, 0.25) is 0 Å². The summed E-state index contributed by atoms with van der Waals surface area (Å²) in [4.78, 5) is 23.5. The van der Waals surface area contributed by atoms with Crippen LogP contribution >= 0.6 is 15.9 Å². The van der Waals surface area contributed by atoms with Crippen LogP contribution in [0.1, 0.15) is 22.1 Å². The Morgan fingerprint density at radius 1 is 1.30 bits per heavy atom. The molecule has 0 saturated carbocycles. The van der Waals surface area contributed by atoms with Crippen molar-refractivity contribution in [1.82, 2.24) is 9.88 Å². The molecule has 0 saturated heterocycles. The molecule has 0 aliphatic heterocycles. The van der Waals surface area contributed by atoms with Gasteiger partial charge >= 0.3 is 5.97 Å². The molecule has 0 aliphatic carbocycles. The van der Waals surface area contributed by atoms with E-state index in [2.05, 4.69) is 21.2 Å². The number of carboxylic acid groups (broad SMARTS) is 1. The average molecular weight is 337 g/mol. The largest absolute Gasteiger partial charge is 0.479 e. The van der Waals surface area contributed by atoms with Crippen LogP contribution in [-0.2, 0) is 11.8 Å². The molecule has 1 atom stereocenters. The first-order valence-corrected chi connectivity index (χ1v) is 6.69. The summed E-state index contributed by atoms with van der Waals surface area (Å²) >= 11 is 3.27. The standard InChI is InChI=1S/C14H13BrN2O3/c1-17-8-10(15)7-11(17)13(18)16-12(14(19)20)9-5-3-2-4-6-9/h2-8,12H,1H3,(H,16,18)(H,19,20). The van der Waals surface area contributed by atoms with Crippen molar-refractivity contribution >= 4 is 27.8 Å². The van der Waals surface area contributed by atoms with Gasteiger partial charge in [0.05, 0.1) is 0 Å². The Kier molecular flexibility index (Phi) is 4.24. The zero-order chi connectivity index (χ0) is 14.7. The van der Waals surface area contributed by atoms with Crippen molar-refractivity contribution in [1.29, 1.82) is 0 Å². The van der Waals surface area contributed by atoms with Gasteiger partial charge in [-0.05, 0) is 27.6 Å². The van der Waals surface area contributed by atoms with E-state index in [4.69, 9.17) is 0 Å². The van der Waals surface area contributed by atoms with Gasteiger partial charge in [0.25, 0.3) is 5.91 Å². The molecule has 2 N–H and O–H groups in total. The third-order valence-electron chi connectivity index (χ3n) is 2.86. The van der Waals surface area contributed by atoms with Gasteiger partial charge in [0.1, 0.15) is 5.69 Å². The zero-order valence-corrected chi connectivity index (χ0v) is 12.3. The molecule has 0 bridgehead atoms. The summed E-state index contributed by atoms with van der Waals surface area (Å²) in [5.74, 6) is -1.53. The Bertz CT molecular complexity index is 637. The van der Waals surface area contributed by atoms with Crippen molar-refractivity contribution in [3.8, 4) is 0 Å². The van der Waals surface area contributed by atoms with Crippen molar-refractivity contribution < 1.29 is 14.7 Å². The second kappa shape index (κ2) is 5.92. The van der Waals surface area contributed by atoms with Crippen LogP contribution in [0.3, 0.4) is 0 Å². The molecule has 20 heavy (non-hydrogen) atoms. The first-order valence-electron chi connectivity index (χ1n) is 5.89. The minimum absolute atomic E-state index is 0.388. The third kappa shape index (κ3) is 3.08. The quantitative estimate of drug-likeness (QED) is 0.900. The molecule has 104 valence electrons. The third-order valence-corrected chi connectivity index (χ3v) is 3.29. The maximum absolute atomic E-state index is 12.2. The van der Waals surface area contributed by atoms with Crippen LogP contribution in [0, 0.1) is 0 Å².